The molecule has 6 rings (SSSR count). The zero-order valence-corrected chi connectivity index (χ0v) is 24.0. The molecule has 2 aliphatic rings. The molecular weight excluding hydrogens is 545 g/mol. The van der Waals surface area contributed by atoms with E-state index in [1.165, 1.54) is 20.8 Å². The number of amides is 1. The molecule has 0 aliphatic carbocycles. The van der Waals surface area contributed by atoms with Crippen molar-refractivity contribution < 1.29 is 17.6 Å². The lowest BCUT2D eigenvalue weighted by Gasteiger charge is -2.40. The third-order valence-corrected chi connectivity index (χ3v) is 11.1. The summed E-state index contributed by atoms with van der Waals surface area (Å²) in [6.45, 7) is 4.19. The van der Waals surface area contributed by atoms with Crippen LogP contribution in [0.25, 0.3) is 10.8 Å². The van der Waals surface area contributed by atoms with E-state index in [0.29, 0.717) is 26.1 Å². The first kappa shape index (κ1) is 27.1. The molecule has 0 bridgehead atoms. The van der Waals surface area contributed by atoms with Crippen LogP contribution in [0.5, 0.6) is 0 Å². The molecule has 3 heterocycles. The fourth-order valence-corrected chi connectivity index (χ4v) is 8.61. The van der Waals surface area contributed by atoms with Crippen LogP contribution in [0.15, 0.2) is 83.1 Å². The number of fused-ring (bicyclic) bond motifs is 2. The summed E-state index contributed by atoms with van der Waals surface area (Å²) in [5, 5.41) is 3.96. The van der Waals surface area contributed by atoms with E-state index >= 15 is 0 Å². The lowest BCUT2D eigenvalue weighted by Crippen LogP contribution is -2.55. The number of hydrogen-bond donors (Lipinski definition) is 0. The van der Waals surface area contributed by atoms with Crippen molar-refractivity contribution in [3.05, 3.63) is 100.0 Å². The Morgan fingerprint density at radius 1 is 0.975 bits per heavy atom. The van der Waals surface area contributed by atoms with Crippen molar-refractivity contribution in [2.24, 2.45) is 0 Å². The minimum atomic E-state index is -3.69. The highest BCUT2D eigenvalue weighted by Gasteiger charge is 2.36. The van der Waals surface area contributed by atoms with Crippen molar-refractivity contribution in [3.63, 3.8) is 0 Å². The number of thiophene rings is 1. The summed E-state index contributed by atoms with van der Waals surface area (Å²) < 4.78 is 42.7. The average molecular weight is 578 g/mol. The van der Waals surface area contributed by atoms with E-state index in [4.69, 9.17) is 0 Å². The molecule has 1 fully saturated rings. The van der Waals surface area contributed by atoms with E-state index in [0.717, 1.165) is 29.3 Å². The van der Waals surface area contributed by atoms with Gasteiger partial charge in [0.25, 0.3) is 0 Å². The summed E-state index contributed by atoms with van der Waals surface area (Å²) in [7, 11) is -3.69. The third-order valence-electron chi connectivity index (χ3n) is 8.09. The molecular formula is C31H32FN3O3S2. The van der Waals surface area contributed by atoms with Crippen LogP contribution in [0.4, 0.5) is 4.39 Å². The van der Waals surface area contributed by atoms with Gasteiger partial charge in [0, 0.05) is 50.1 Å². The topological polar surface area (TPSA) is 60.9 Å². The fourth-order valence-electron chi connectivity index (χ4n) is 6.06. The molecule has 40 heavy (non-hydrogen) atoms. The van der Waals surface area contributed by atoms with Gasteiger partial charge in [-0.2, -0.15) is 4.31 Å². The number of carbonyl (C=O) groups excluding carboxylic acids is 1. The number of sulfonamides is 1. The summed E-state index contributed by atoms with van der Waals surface area (Å²) in [6.07, 6.45) is 1.24. The number of piperazine rings is 1. The molecule has 2 aliphatic heterocycles. The Labute approximate surface area is 238 Å². The van der Waals surface area contributed by atoms with Crippen LogP contribution in [0.1, 0.15) is 35.4 Å². The fraction of sp³-hybridized carbons (Fsp3) is 0.323. The average Bonchev–Trinajstić information content (AvgIpc) is 3.44. The summed E-state index contributed by atoms with van der Waals surface area (Å²) in [4.78, 5) is 19.0. The molecule has 1 amide bonds. The maximum absolute atomic E-state index is 14.1. The van der Waals surface area contributed by atoms with E-state index in [2.05, 4.69) is 16.3 Å². The first-order valence-electron chi connectivity index (χ1n) is 13.7. The summed E-state index contributed by atoms with van der Waals surface area (Å²) in [5.41, 5.74) is 2.09. The summed E-state index contributed by atoms with van der Waals surface area (Å²) in [5.74, 6) is -0.245. The van der Waals surface area contributed by atoms with Gasteiger partial charge in [-0.1, -0.05) is 42.5 Å². The van der Waals surface area contributed by atoms with Crippen LogP contribution in [0.3, 0.4) is 0 Å². The van der Waals surface area contributed by atoms with Crippen molar-refractivity contribution in [1.29, 1.82) is 0 Å². The second-order valence-corrected chi connectivity index (χ2v) is 13.5. The van der Waals surface area contributed by atoms with Gasteiger partial charge in [-0.05, 0) is 71.0 Å². The first-order valence-corrected chi connectivity index (χ1v) is 16.0. The van der Waals surface area contributed by atoms with Gasteiger partial charge < -0.3 is 4.90 Å². The minimum Gasteiger partial charge on any atom is -0.340 e. The van der Waals surface area contributed by atoms with E-state index < -0.39 is 10.0 Å². The van der Waals surface area contributed by atoms with Crippen LogP contribution in [-0.4, -0.2) is 67.2 Å². The molecule has 1 saturated heterocycles. The van der Waals surface area contributed by atoms with E-state index in [-0.39, 0.29) is 35.2 Å². The van der Waals surface area contributed by atoms with Gasteiger partial charge in [0.1, 0.15) is 5.82 Å². The second-order valence-electron chi connectivity index (χ2n) is 10.6. The Kier molecular flexibility index (Phi) is 7.48. The van der Waals surface area contributed by atoms with Gasteiger partial charge in [-0.15, -0.1) is 11.3 Å². The van der Waals surface area contributed by atoms with Crippen LogP contribution >= 0.6 is 11.3 Å². The van der Waals surface area contributed by atoms with Crippen LogP contribution in [-0.2, 0) is 21.2 Å². The van der Waals surface area contributed by atoms with E-state index in [9.17, 15) is 17.6 Å². The Morgan fingerprint density at radius 3 is 2.60 bits per heavy atom. The summed E-state index contributed by atoms with van der Waals surface area (Å²) in [6, 6.07) is 21.3. The molecule has 208 valence electrons. The molecule has 0 saturated carbocycles. The van der Waals surface area contributed by atoms with Crippen LogP contribution < -0.4 is 0 Å². The number of carbonyl (C=O) groups is 1. The molecule has 4 aromatic rings. The molecule has 0 radical (unpaired) electrons. The quantitative estimate of drug-likeness (QED) is 0.312. The smallest absolute Gasteiger partial charge is 0.243 e. The van der Waals surface area contributed by atoms with Crippen molar-refractivity contribution in [3.8, 4) is 0 Å². The molecule has 0 spiro atoms. The molecule has 2 atom stereocenters. The standard InChI is InChI=1S/C31H32FN3O3S2/c1-22-21-34(16-17-35(22)40(37,38)27-10-9-23-5-2-3-6-24(23)20-27)30(36)12-15-33-14-11-29-28(13-18-39-29)31(33)25-7-4-8-26(32)19-25/h2-10,13,18-20,22,31H,11-12,14-17,21H2,1H3/t22-,31-/m0/s1. The largest absolute Gasteiger partial charge is 0.340 e. The van der Waals surface area contributed by atoms with Crippen LogP contribution in [0.2, 0.25) is 0 Å². The second kappa shape index (κ2) is 11.0. The molecule has 9 heteroatoms. The van der Waals surface area contributed by atoms with Crippen molar-refractivity contribution in [1.82, 2.24) is 14.1 Å². The highest BCUT2D eigenvalue weighted by atomic mass is 32.2. The van der Waals surface area contributed by atoms with E-state index in [1.807, 2.05) is 43.3 Å². The Bertz CT molecular complexity index is 1650. The number of halogens is 1. The zero-order valence-electron chi connectivity index (χ0n) is 22.4. The van der Waals surface area contributed by atoms with Crippen molar-refractivity contribution >= 4 is 38.0 Å². The molecule has 1 aromatic heterocycles. The van der Waals surface area contributed by atoms with Gasteiger partial charge in [0.2, 0.25) is 15.9 Å². The maximum Gasteiger partial charge on any atom is 0.243 e. The lowest BCUT2D eigenvalue weighted by atomic mass is 9.93. The molecule has 0 N–H and O–H groups in total. The Balaban J connectivity index is 1.12. The Hall–Kier alpha value is -3.11. The predicted octanol–water partition coefficient (Wildman–Crippen LogP) is 5.30. The highest BCUT2D eigenvalue weighted by Crippen LogP contribution is 2.38. The van der Waals surface area contributed by atoms with E-state index in [1.54, 1.807) is 40.5 Å². The SMILES string of the molecule is C[C@H]1CN(C(=O)CCN2CCc3sccc3[C@@H]2c2cccc(F)c2)CCN1S(=O)(=O)c1ccc2ccccc2c1. The van der Waals surface area contributed by atoms with Gasteiger partial charge in [0.05, 0.1) is 10.9 Å². The monoisotopic (exact) mass is 577 g/mol. The number of rotatable bonds is 6. The Morgan fingerprint density at radius 2 is 1.80 bits per heavy atom. The van der Waals surface area contributed by atoms with Gasteiger partial charge in [0.15, 0.2) is 0 Å². The van der Waals surface area contributed by atoms with Gasteiger partial charge >= 0.3 is 0 Å². The predicted molar refractivity (Wildman–Crippen MR) is 156 cm³/mol. The van der Waals surface area contributed by atoms with Gasteiger partial charge in [-0.25, -0.2) is 12.8 Å². The number of benzene rings is 3. The minimum absolute atomic E-state index is 0.0173. The molecule has 3 aromatic carbocycles. The normalized spacial score (nSPS) is 20.5. The maximum atomic E-state index is 14.1. The van der Waals surface area contributed by atoms with Crippen molar-refractivity contribution in [2.45, 2.75) is 36.7 Å². The van der Waals surface area contributed by atoms with Crippen molar-refractivity contribution in [2.75, 3.05) is 32.7 Å². The lowest BCUT2D eigenvalue weighted by molar-refractivity contribution is -0.133. The van der Waals surface area contributed by atoms with Crippen LogP contribution in [0, 0.1) is 5.82 Å². The zero-order chi connectivity index (χ0) is 27.9. The first-order chi connectivity index (χ1) is 19.3. The molecule has 0 unspecified atom stereocenters. The third kappa shape index (κ3) is 5.19. The molecule has 6 nitrogen and oxygen atoms in total. The number of nitrogens with zero attached hydrogens (tertiary/aromatic N) is 3. The summed E-state index contributed by atoms with van der Waals surface area (Å²) >= 11 is 1.73. The van der Waals surface area contributed by atoms with Gasteiger partial charge in [-0.3, -0.25) is 9.69 Å². The highest BCUT2D eigenvalue weighted by molar-refractivity contribution is 7.89. The number of hydrogen-bond acceptors (Lipinski definition) is 5.